The first-order chi connectivity index (χ1) is 10.8. The van der Waals surface area contributed by atoms with Gasteiger partial charge in [0.15, 0.2) is 5.69 Å². The smallest absolute Gasteiger partial charge is 0.222 e. The van der Waals surface area contributed by atoms with Gasteiger partial charge in [-0.05, 0) is 30.3 Å². The molecule has 0 N–H and O–H groups in total. The van der Waals surface area contributed by atoms with Gasteiger partial charge in [-0.25, -0.2) is 4.98 Å². The maximum atomic E-state index is 9.46. The molecule has 0 saturated carbocycles. The van der Waals surface area contributed by atoms with Crippen LogP contribution in [0.15, 0.2) is 42.6 Å². The van der Waals surface area contributed by atoms with E-state index in [1.54, 1.807) is 13.3 Å². The molecule has 3 rings (SSSR count). The number of ether oxygens (including phenoxy) is 2. The van der Waals surface area contributed by atoms with Gasteiger partial charge in [-0.15, -0.1) is 0 Å². The fourth-order valence-electron chi connectivity index (χ4n) is 2.40. The van der Waals surface area contributed by atoms with Crippen LogP contribution in [0.25, 0.3) is 22.0 Å². The van der Waals surface area contributed by atoms with Gasteiger partial charge in [0, 0.05) is 22.5 Å². The number of benzene rings is 1. The first-order valence-corrected chi connectivity index (χ1v) is 6.65. The summed E-state index contributed by atoms with van der Waals surface area (Å²) in [5.41, 5.74) is 1.64. The molecule has 0 amide bonds. The van der Waals surface area contributed by atoms with Crippen LogP contribution >= 0.6 is 0 Å². The van der Waals surface area contributed by atoms with Crippen LogP contribution in [0.4, 0.5) is 0 Å². The zero-order valence-electron chi connectivity index (χ0n) is 12.2. The van der Waals surface area contributed by atoms with Gasteiger partial charge in [-0.2, -0.15) is 5.26 Å². The van der Waals surface area contributed by atoms with E-state index in [-0.39, 0.29) is 5.69 Å². The lowest BCUT2D eigenvalue weighted by Gasteiger charge is -2.12. The van der Waals surface area contributed by atoms with E-state index in [1.165, 1.54) is 7.11 Å². The van der Waals surface area contributed by atoms with Gasteiger partial charge in [-0.1, -0.05) is 6.07 Å². The molecule has 0 unspecified atom stereocenters. The highest BCUT2D eigenvalue weighted by Crippen LogP contribution is 2.36. The van der Waals surface area contributed by atoms with Gasteiger partial charge in [0.05, 0.1) is 19.9 Å². The first kappa shape index (κ1) is 13.8. The Morgan fingerprint density at radius 3 is 2.55 bits per heavy atom. The third kappa shape index (κ3) is 2.21. The topological polar surface area (TPSA) is 68.0 Å². The maximum absolute atomic E-state index is 9.46. The molecule has 0 bridgehead atoms. The molecule has 2 aromatic heterocycles. The molecule has 0 aliphatic heterocycles. The van der Waals surface area contributed by atoms with E-state index in [0.717, 1.165) is 10.8 Å². The highest BCUT2D eigenvalue weighted by Gasteiger charge is 2.17. The molecule has 3 aromatic rings. The second-order valence-electron chi connectivity index (χ2n) is 4.58. The molecular weight excluding hydrogens is 278 g/mol. The Morgan fingerprint density at radius 1 is 1.05 bits per heavy atom. The number of pyridine rings is 2. The molecule has 0 aliphatic rings. The average Bonchev–Trinajstić information content (AvgIpc) is 2.60. The van der Waals surface area contributed by atoms with Crippen LogP contribution in [-0.2, 0) is 0 Å². The van der Waals surface area contributed by atoms with Gasteiger partial charge in [-0.3, -0.25) is 4.98 Å². The molecule has 5 nitrogen and oxygen atoms in total. The monoisotopic (exact) mass is 291 g/mol. The second kappa shape index (κ2) is 5.70. The molecule has 0 atom stereocenters. The lowest BCUT2D eigenvalue weighted by atomic mass is 10.0. The average molecular weight is 291 g/mol. The van der Waals surface area contributed by atoms with Crippen molar-refractivity contribution in [2.45, 2.75) is 0 Å². The van der Waals surface area contributed by atoms with E-state index in [2.05, 4.69) is 16.0 Å². The van der Waals surface area contributed by atoms with Crippen molar-refractivity contribution in [2.24, 2.45) is 0 Å². The third-order valence-corrected chi connectivity index (χ3v) is 3.40. The molecule has 22 heavy (non-hydrogen) atoms. The summed E-state index contributed by atoms with van der Waals surface area (Å²) in [6, 6.07) is 13.2. The lowest BCUT2D eigenvalue weighted by Crippen LogP contribution is -1.98. The second-order valence-corrected chi connectivity index (χ2v) is 4.58. The third-order valence-electron chi connectivity index (χ3n) is 3.40. The molecule has 0 fully saturated rings. The van der Waals surface area contributed by atoms with E-state index in [9.17, 15) is 5.26 Å². The summed E-state index contributed by atoms with van der Waals surface area (Å²) in [4.78, 5) is 8.65. The maximum Gasteiger partial charge on any atom is 0.222 e. The van der Waals surface area contributed by atoms with Crippen LogP contribution in [-0.4, -0.2) is 24.2 Å². The molecule has 0 aliphatic carbocycles. The first-order valence-electron chi connectivity index (χ1n) is 6.65. The van der Waals surface area contributed by atoms with Crippen molar-refractivity contribution in [2.75, 3.05) is 14.2 Å². The molecule has 1 aromatic carbocycles. The summed E-state index contributed by atoms with van der Waals surface area (Å²) in [6.07, 6.45) is 1.69. The summed E-state index contributed by atoms with van der Waals surface area (Å²) < 4.78 is 10.6. The molecule has 0 spiro atoms. The number of hydrogen-bond donors (Lipinski definition) is 0. The minimum absolute atomic E-state index is 0.274. The minimum Gasteiger partial charge on any atom is -0.497 e. The SMILES string of the molecule is COc1ccc2c(OC)nc(C#N)c(-c3ccccn3)c2c1. The van der Waals surface area contributed by atoms with E-state index >= 15 is 0 Å². The van der Waals surface area contributed by atoms with Crippen LogP contribution in [0.1, 0.15) is 5.69 Å². The van der Waals surface area contributed by atoms with Crippen LogP contribution in [0.2, 0.25) is 0 Å². The Bertz CT molecular complexity index is 870. The Labute approximate surface area is 127 Å². The van der Waals surface area contributed by atoms with Gasteiger partial charge >= 0.3 is 0 Å². The molecule has 108 valence electrons. The number of nitriles is 1. The molecule has 5 heteroatoms. The molecule has 0 radical (unpaired) electrons. The van der Waals surface area contributed by atoms with E-state index in [1.807, 2.05) is 36.4 Å². The van der Waals surface area contributed by atoms with Crippen LogP contribution < -0.4 is 9.47 Å². The van der Waals surface area contributed by atoms with Crippen molar-refractivity contribution in [1.29, 1.82) is 5.26 Å². The van der Waals surface area contributed by atoms with Crippen LogP contribution in [0.3, 0.4) is 0 Å². The van der Waals surface area contributed by atoms with Crippen LogP contribution in [0, 0.1) is 11.3 Å². The number of aromatic nitrogens is 2. The van der Waals surface area contributed by atoms with Gasteiger partial charge in [0.25, 0.3) is 0 Å². The highest BCUT2D eigenvalue weighted by molar-refractivity contribution is 6.01. The predicted octanol–water partition coefficient (Wildman–Crippen LogP) is 3.19. The van der Waals surface area contributed by atoms with E-state index in [0.29, 0.717) is 22.9 Å². The quantitative estimate of drug-likeness (QED) is 0.741. The Morgan fingerprint density at radius 2 is 1.91 bits per heavy atom. The van der Waals surface area contributed by atoms with E-state index < -0.39 is 0 Å². The fourth-order valence-corrected chi connectivity index (χ4v) is 2.40. The molecule has 2 heterocycles. The van der Waals surface area contributed by atoms with Crippen molar-refractivity contribution in [3.8, 4) is 29.0 Å². The summed E-state index contributed by atoms with van der Waals surface area (Å²) in [5, 5.41) is 11.1. The molecular formula is C17H13N3O2. The zero-order chi connectivity index (χ0) is 15.5. The van der Waals surface area contributed by atoms with Gasteiger partial charge in [0.2, 0.25) is 5.88 Å². The van der Waals surface area contributed by atoms with Gasteiger partial charge in [0.1, 0.15) is 11.8 Å². The minimum atomic E-state index is 0.274. The summed E-state index contributed by atoms with van der Waals surface area (Å²) >= 11 is 0. The van der Waals surface area contributed by atoms with Crippen molar-refractivity contribution in [3.63, 3.8) is 0 Å². The Kier molecular flexibility index (Phi) is 3.58. The number of methoxy groups -OCH3 is 2. The lowest BCUT2D eigenvalue weighted by molar-refractivity contribution is 0.402. The highest BCUT2D eigenvalue weighted by atomic mass is 16.5. The number of nitrogens with zero attached hydrogens (tertiary/aromatic N) is 3. The van der Waals surface area contributed by atoms with Crippen molar-refractivity contribution in [1.82, 2.24) is 9.97 Å². The summed E-state index contributed by atoms with van der Waals surface area (Å²) in [7, 11) is 3.14. The van der Waals surface area contributed by atoms with E-state index in [4.69, 9.17) is 9.47 Å². The number of rotatable bonds is 3. The number of hydrogen-bond acceptors (Lipinski definition) is 5. The molecule has 0 saturated heterocycles. The van der Waals surface area contributed by atoms with Crippen molar-refractivity contribution >= 4 is 10.8 Å². The normalized spacial score (nSPS) is 10.2. The Hall–Kier alpha value is -3.13. The number of fused-ring (bicyclic) bond motifs is 1. The van der Waals surface area contributed by atoms with Gasteiger partial charge < -0.3 is 9.47 Å². The Balaban J connectivity index is 2.45. The zero-order valence-corrected chi connectivity index (χ0v) is 12.2. The largest absolute Gasteiger partial charge is 0.497 e. The predicted molar refractivity (Wildman–Crippen MR) is 82.8 cm³/mol. The fraction of sp³-hybridized carbons (Fsp3) is 0.118. The standard InChI is InChI=1S/C17H13N3O2/c1-21-11-6-7-12-13(9-11)16(14-5-3-4-8-19-14)15(10-18)20-17(12)22-2/h3-9H,1-2H3. The van der Waals surface area contributed by atoms with Crippen molar-refractivity contribution in [3.05, 3.63) is 48.3 Å². The van der Waals surface area contributed by atoms with Crippen LogP contribution in [0.5, 0.6) is 11.6 Å². The summed E-state index contributed by atoms with van der Waals surface area (Å²) in [6.45, 7) is 0. The van der Waals surface area contributed by atoms with Crippen molar-refractivity contribution < 1.29 is 9.47 Å². The summed E-state index contributed by atoms with van der Waals surface area (Å²) in [5.74, 6) is 1.11.